The Hall–Kier alpha value is -3.03. The van der Waals surface area contributed by atoms with Crippen LogP contribution in [-0.2, 0) is 20.9 Å². The number of carbonyl (C=O) groups is 3. The number of benzene rings is 1. The number of ether oxygens (including phenoxy) is 1. The molecule has 1 saturated heterocycles. The summed E-state index contributed by atoms with van der Waals surface area (Å²) in [5, 5.41) is 10.6. The molecular weight excluding hydrogens is 328 g/mol. The lowest BCUT2D eigenvalue weighted by molar-refractivity contribution is -0.384. The highest BCUT2D eigenvalue weighted by molar-refractivity contribution is 6.16. The summed E-state index contributed by atoms with van der Waals surface area (Å²) in [6.07, 6.45) is 3.70. The first-order valence-electron chi connectivity index (χ1n) is 7.93. The molecule has 1 aromatic carbocycles. The van der Waals surface area contributed by atoms with E-state index in [4.69, 9.17) is 4.74 Å². The maximum atomic E-state index is 12.5. The van der Waals surface area contributed by atoms with Crippen LogP contribution in [0.15, 0.2) is 36.4 Å². The van der Waals surface area contributed by atoms with Crippen LogP contribution in [0, 0.1) is 33.8 Å². The van der Waals surface area contributed by atoms with Crippen LogP contribution in [-0.4, -0.2) is 27.7 Å². The second-order valence-corrected chi connectivity index (χ2v) is 6.49. The van der Waals surface area contributed by atoms with Crippen LogP contribution in [0.25, 0.3) is 0 Å². The predicted molar refractivity (Wildman–Crippen MR) is 82.9 cm³/mol. The molecule has 2 bridgehead atoms. The molecule has 0 N–H and O–H groups in total. The number of rotatable bonds is 3. The monoisotopic (exact) mass is 342 g/mol. The van der Waals surface area contributed by atoms with E-state index in [-0.39, 0.29) is 24.1 Å². The van der Waals surface area contributed by atoms with Gasteiger partial charge in [0.05, 0.1) is 16.8 Å². The third kappa shape index (κ3) is 2.33. The van der Waals surface area contributed by atoms with Gasteiger partial charge in [-0.2, -0.15) is 4.90 Å². The average Bonchev–Trinajstić information content (AvgIpc) is 3.27. The second kappa shape index (κ2) is 5.51. The number of imide groups is 3. The molecule has 4 rings (SSSR count). The highest BCUT2D eigenvalue weighted by atomic mass is 16.6. The van der Waals surface area contributed by atoms with E-state index in [1.165, 1.54) is 24.3 Å². The minimum atomic E-state index is -0.984. The Morgan fingerprint density at radius 2 is 1.68 bits per heavy atom. The summed E-state index contributed by atoms with van der Waals surface area (Å²) < 4.78 is 5.06. The summed E-state index contributed by atoms with van der Waals surface area (Å²) in [5.41, 5.74) is 0.454. The maximum Gasteiger partial charge on any atom is 0.423 e. The van der Waals surface area contributed by atoms with Gasteiger partial charge in [-0.25, -0.2) is 4.79 Å². The molecule has 3 amide bonds. The van der Waals surface area contributed by atoms with Crippen molar-refractivity contribution in [1.82, 2.24) is 4.90 Å². The molecule has 128 valence electrons. The SMILES string of the molecule is O=C(OCc1ccc([N+](=O)[O-])cc1)N1C(=O)[C@@H]2[C@H](C1=O)[C@@H]1C=C[C@H]2C1. The van der Waals surface area contributed by atoms with Crippen molar-refractivity contribution in [2.45, 2.75) is 13.0 Å². The van der Waals surface area contributed by atoms with E-state index in [1.807, 2.05) is 12.2 Å². The zero-order chi connectivity index (χ0) is 17.7. The maximum absolute atomic E-state index is 12.5. The van der Waals surface area contributed by atoms with Crippen LogP contribution >= 0.6 is 0 Å². The number of hydrogen-bond donors (Lipinski definition) is 0. The smallest absolute Gasteiger partial charge is 0.423 e. The first kappa shape index (κ1) is 15.5. The molecule has 2 aliphatic carbocycles. The van der Waals surface area contributed by atoms with Crippen LogP contribution in [0.3, 0.4) is 0 Å². The number of non-ortho nitro benzene ring substituents is 1. The lowest BCUT2D eigenvalue weighted by Gasteiger charge is -2.15. The normalized spacial score (nSPS) is 29.2. The Morgan fingerprint density at radius 1 is 1.12 bits per heavy atom. The molecule has 0 radical (unpaired) electrons. The van der Waals surface area contributed by atoms with Crippen molar-refractivity contribution in [3.05, 3.63) is 52.1 Å². The van der Waals surface area contributed by atoms with Gasteiger partial charge in [-0.3, -0.25) is 19.7 Å². The van der Waals surface area contributed by atoms with E-state index in [1.54, 1.807) is 0 Å². The van der Waals surface area contributed by atoms with Gasteiger partial charge in [0.15, 0.2) is 0 Å². The van der Waals surface area contributed by atoms with Crippen molar-refractivity contribution in [3.8, 4) is 0 Å². The summed E-state index contributed by atoms with van der Waals surface area (Å²) in [5.74, 6) is -1.82. The van der Waals surface area contributed by atoms with E-state index < -0.39 is 34.7 Å². The van der Waals surface area contributed by atoms with Crippen LogP contribution in [0.5, 0.6) is 0 Å². The summed E-state index contributed by atoms with van der Waals surface area (Å²) in [6, 6.07) is 5.50. The standard InChI is InChI=1S/C17H14N2O6/c20-15-13-10-3-4-11(7-10)14(13)16(21)18(15)17(22)25-8-9-1-5-12(6-2-9)19(23)24/h1-6,10-11,13-14H,7-8H2/t10-,11+,13-,14+. The first-order valence-corrected chi connectivity index (χ1v) is 7.93. The molecule has 3 aliphatic rings. The number of carbonyl (C=O) groups excluding carboxylic acids is 3. The molecule has 0 aromatic heterocycles. The van der Waals surface area contributed by atoms with Crippen molar-refractivity contribution in [1.29, 1.82) is 0 Å². The molecule has 4 atom stereocenters. The van der Waals surface area contributed by atoms with Gasteiger partial charge in [-0.15, -0.1) is 0 Å². The molecule has 1 heterocycles. The minimum absolute atomic E-state index is 0.0268. The quantitative estimate of drug-likeness (QED) is 0.360. The Balaban J connectivity index is 1.43. The fraction of sp³-hybridized carbons (Fsp3) is 0.353. The zero-order valence-corrected chi connectivity index (χ0v) is 13.0. The van der Waals surface area contributed by atoms with Crippen molar-refractivity contribution in [2.75, 3.05) is 0 Å². The first-order chi connectivity index (χ1) is 12.0. The van der Waals surface area contributed by atoms with Crippen molar-refractivity contribution in [2.24, 2.45) is 23.7 Å². The average molecular weight is 342 g/mol. The molecule has 2 fully saturated rings. The van der Waals surface area contributed by atoms with Crippen molar-refractivity contribution >= 4 is 23.6 Å². The largest absolute Gasteiger partial charge is 0.444 e. The second-order valence-electron chi connectivity index (χ2n) is 6.49. The van der Waals surface area contributed by atoms with Gasteiger partial charge in [0.1, 0.15) is 6.61 Å². The fourth-order valence-electron chi connectivity index (χ4n) is 4.01. The summed E-state index contributed by atoms with van der Waals surface area (Å²) in [4.78, 5) is 47.8. The highest BCUT2D eigenvalue weighted by Gasteiger charge is 2.61. The summed E-state index contributed by atoms with van der Waals surface area (Å²) in [7, 11) is 0. The molecular formula is C17H14N2O6. The molecule has 1 aliphatic heterocycles. The van der Waals surface area contributed by atoms with Gasteiger partial charge in [0.25, 0.3) is 5.69 Å². The predicted octanol–water partition coefficient (Wildman–Crippen LogP) is 2.04. The number of nitro groups is 1. The number of likely N-dealkylation sites (tertiary alicyclic amines) is 1. The molecule has 25 heavy (non-hydrogen) atoms. The Morgan fingerprint density at radius 3 is 2.20 bits per heavy atom. The lowest BCUT2D eigenvalue weighted by Crippen LogP contribution is -2.38. The van der Waals surface area contributed by atoms with Crippen LogP contribution in [0.4, 0.5) is 10.5 Å². The lowest BCUT2D eigenvalue weighted by atomic mass is 9.85. The Bertz CT molecular complexity index is 785. The number of fused-ring (bicyclic) bond motifs is 5. The molecule has 0 spiro atoms. The number of nitrogens with zero attached hydrogens (tertiary/aromatic N) is 2. The third-order valence-electron chi connectivity index (χ3n) is 5.16. The van der Waals surface area contributed by atoms with Crippen molar-refractivity contribution in [3.63, 3.8) is 0 Å². The minimum Gasteiger partial charge on any atom is -0.444 e. The summed E-state index contributed by atoms with van der Waals surface area (Å²) in [6.45, 7) is -0.172. The van der Waals surface area contributed by atoms with Gasteiger partial charge in [-0.1, -0.05) is 12.2 Å². The molecule has 0 unspecified atom stereocenters. The van der Waals surface area contributed by atoms with Gasteiger partial charge in [0, 0.05) is 12.1 Å². The third-order valence-corrected chi connectivity index (χ3v) is 5.16. The topological polar surface area (TPSA) is 107 Å². The molecule has 1 aromatic rings. The van der Waals surface area contributed by atoms with Gasteiger partial charge in [-0.05, 0) is 36.0 Å². The number of allylic oxidation sites excluding steroid dienone is 2. The molecule has 1 saturated carbocycles. The van der Waals surface area contributed by atoms with Gasteiger partial charge in [0.2, 0.25) is 11.8 Å². The summed E-state index contributed by atoms with van der Waals surface area (Å²) >= 11 is 0. The van der Waals surface area contributed by atoms with E-state index in [0.29, 0.717) is 10.5 Å². The molecule has 8 heteroatoms. The number of hydrogen-bond acceptors (Lipinski definition) is 6. The van der Waals surface area contributed by atoms with Gasteiger partial charge < -0.3 is 4.74 Å². The van der Waals surface area contributed by atoms with Crippen LogP contribution in [0.2, 0.25) is 0 Å². The Kier molecular flexibility index (Phi) is 3.41. The fourth-order valence-corrected chi connectivity index (χ4v) is 4.01. The van der Waals surface area contributed by atoms with E-state index in [0.717, 1.165) is 6.42 Å². The van der Waals surface area contributed by atoms with E-state index >= 15 is 0 Å². The van der Waals surface area contributed by atoms with Gasteiger partial charge >= 0.3 is 6.09 Å². The van der Waals surface area contributed by atoms with Crippen molar-refractivity contribution < 1.29 is 24.0 Å². The van der Waals surface area contributed by atoms with E-state index in [2.05, 4.69) is 0 Å². The number of nitro benzene ring substituents is 1. The highest BCUT2D eigenvalue weighted by Crippen LogP contribution is 2.52. The Labute approximate surface area is 142 Å². The van der Waals surface area contributed by atoms with Crippen LogP contribution < -0.4 is 0 Å². The molecule has 8 nitrogen and oxygen atoms in total. The van der Waals surface area contributed by atoms with E-state index in [9.17, 15) is 24.5 Å². The number of amides is 3. The van der Waals surface area contributed by atoms with Crippen LogP contribution in [0.1, 0.15) is 12.0 Å². The zero-order valence-electron chi connectivity index (χ0n) is 13.0.